The molecule has 0 spiro atoms. The Morgan fingerprint density at radius 2 is 2.00 bits per heavy atom. The number of carbonyl (C=O) groups is 1. The van der Waals surface area contributed by atoms with Crippen molar-refractivity contribution < 1.29 is 9.22 Å². The van der Waals surface area contributed by atoms with Crippen molar-refractivity contribution in [1.29, 1.82) is 0 Å². The van der Waals surface area contributed by atoms with E-state index in [2.05, 4.69) is 38.8 Å². The highest BCUT2D eigenvalue weighted by atomic mass is 28.4. The molecule has 0 saturated heterocycles. The number of hydrogen-bond acceptors (Lipinski definition) is 3. The van der Waals surface area contributed by atoms with Gasteiger partial charge in [0.25, 0.3) is 0 Å². The molecule has 17 heavy (non-hydrogen) atoms. The molecule has 0 amide bonds. The molecule has 0 atom stereocenters. The fourth-order valence-electron chi connectivity index (χ4n) is 1.12. The molecule has 4 heteroatoms. The third-order valence-electron chi connectivity index (χ3n) is 3.34. The molecule has 1 heterocycles. The Kier molecular flexibility index (Phi) is 4.22. The Morgan fingerprint density at radius 1 is 1.35 bits per heavy atom. The predicted molar refractivity (Wildman–Crippen MR) is 71.6 cm³/mol. The lowest BCUT2D eigenvalue weighted by molar-refractivity contribution is 0.111. The molecule has 1 aromatic rings. The van der Waals surface area contributed by atoms with Crippen molar-refractivity contribution in [3.63, 3.8) is 0 Å². The highest BCUT2D eigenvalue weighted by molar-refractivity contribution is 6.74. The maximum atomic E-state index is 10.6. The van der Waals surface area contributed by atoms with E-state index in [0.717, 1.165) is 12.0 Å². The van der Waals surface area contributed by atoms with Crippen LogP contribution in [0.1, 0.15) is 37.0 Å². The summed E-state index contributed by atoms with van der Waals surface area (Å²) in [6.45, 7) is 11.5. The van der Waals surface area contributed by atoms with Crippen molar-refractivity contribution in [2.45, 2.75) is 45.5 Å². The summed E-state index contributed by atoms with van der Waals surface area (Å²) in [5.41, 5.74) is 1.28. The largest absolute Gasteiger partial charge is 0.411 e. The Bertz CT molecular complexity index is 397. The van der Waals surface area contributed by atoms with Gasteiger partial charge in [-0.15, -0.1) is 0 Å². The smallest absolute Gasteiger partial charge is 0.192 e. The zero-order valence-electron chi connectivity index (χ0n) is 11.3. The average molecular weight is 251 g/mol. The molecule has 1 rings (SSSR count). The molecular formula is C13H21NO2Si. The third kappa shape index (κ3) is 3.75. The quantitative estimate of drug-likeness (QED) is 0.608. The van der Waals surface area contributed by atoms with Crippen LogP contribution in [0.15, 0.2) is 18.2 Å². The first-order chi connectivity index (χ1) is 7.76. The number of aromatic nitrogens is 1. The fourth-order valence-corrected chi connectivity index (χ4v) is 2.06. The molecule has 1 aromatic heterocycles. The van der Waals surface area contributed by atoms with E-state index >= 15 is 0 Å². The second-order valence-electron chi connectivity index (χ2n) is 5.72. The van der Waals surface area contributed by atoms with Crippen molar-refractivity contribution in [2.24, 2.45) is 0 Å². The van der Waals surface area contributed by atoms with Gasteiger partial charge in [0.1, 0.15) is 5.69 Å². The van der Waals surface area contributed by atoms with Crippen LogP contribution in [0.2, 0.25) is 18.1 Å². The second-order valence-corrected chi connectivity index (χ2v) is 10.5. The van der Waals surface area contributed by atoms with Crippen molar-refractivity contribution in [2.75, 3.05) is 0 Å². The summed E-state index contributed by atoms with van der Waals surface area (Å²) in [5.74, 6) is 0. The van der Waals surface area contributed by atoms with E-state index in [-0.39, 0.29) is 5.04 Å². The Balaban J connectivity index is 2.70. The van der Waals surface area contributed by atoms with E-state index < -0.39 is 8.32 Å². The molecule has 3 nitrogen and oxygen atoms in total. The van der Waals surface area contributed by atoms with Gasteiger partial charge in [0.05, 0.1) is 12.3 Å². The van der Waals surface area contributed by atoms with Gasteiger partial charge in [0.15, 0.2) is 14.6 Å². The molecule has 0 saturated carbocycles. The summed E-state index contributed by atoms with van der Waals surface area (Å²) < 4.78 is 6.04. The summed E-state index contributed by atoms with van der Waals surface area (Å²) in [6.07, 6.45) is 0.760. The van der Waals surface area contributed by atoms with Crippen LogP contribution in [-0.4, -0.2) is 19.6 Å². The van der Waals surface area contributed by atoms with Gasteiger partial charge in [-0.2, -0.15) is 0 Å². The zero-order valence-corrected chi connectivity index (χ0v) is 12.3. The molecule has 0 aliphatic heterocycles. The number of hydrogen-bond donors (Lipinski definition) is 0. The number of pyridine rings is 1. The number of aldehydes is 1. The highest BCUT2D eigenvalue weighted by Gasteiger charge is 2.37. The van der Waals surface area contributed by atoms with Crippen LogP contribution in [0.25, 0.3) is 0 Å². The Morgan fingerprint density at radius 3 is 2.53 bits per heavy atom. The maximum Gasteiger partial charge on any atom is 0.192 e. The van der Waals surface area contributed by atoms with E-state index in [9.17, 15) is 4.79 Å². The molecule has 0 aromatic carbocycles. The number of nitrogens with zero attached hydrogens (tertiary/aromatic N) is 1. The SMILES string of the molecule is CC(C)(C)[Si](C)(C)OCc1cccc(C=O)n1. The molecule has 0 radical (unpaired) electrons. The first-order valence-corrected chi connectivity index (χ1v) is 8.72. The van der Waals surface area contributed by atoms with E-state index in [0.29, 0.717) is 12.3 Å². The van der Waals surface area contributed by atoms with Gasteiger partial charge < -0.3 is 4.43 Å². The topological polar surface area (TPSA) is 39.2 Å². The second kappa shape index (κ2) is 5.10. The van der Waals surface area contributed by atoms with Gasteiger partial charge in [-0.25, -0.2) is 4.98 Å². The molecule has 0 bridgehead atoms. The lowest BCUT2D eigenvalue weighted by Crippen LogP contribution is -2.40. The van der Waals surface area contributed by atoms with E-state index in [4.69, 9.17) is 4.43 Å². The van der Waals surface area contributed by atoms with E-state index in [1.165, 1.54) is 0 Å². The molecular weight excluding hydrogens is 230 g/mol. The van der Waals surface area contributed by atoms with Gasteiger partial charge in [-0.3, -0.25) is 4.79 Å². The number of carbonyl (C=O) groups excluding carboxylic acids is 1. The Labute approximate surface area is 104 Å². The summed E-state index contributed by atoms with van der Waals surface area (Å²) >= 11 is 0. The standard InChI is InChI=1S/C13H21NO2Si/c1-13(2,3)17(4,5)16-10-12-8-6-7-11(9-15)14-12/h6-9H,10H2,1-5H3. The van der Waals surface area contributed by atoms with Gasteiger partial charge in [0, 0.05) is 0 Å². The summed E-state index contributed by atoms with van der Waals surface area (Å²) in [5, 5.41) is 0.190. The van der Waals surface area contributed by atoms with Crippen LogP contribution >= 0.6 is 0 Å². The van der Waals surface area contributed by atoms with Crippen LogP contribution in [0, 0.1) is 0 Å². The molecule has 94 valence electrons. The summed E-state index contributed by atoms with van der Waals surface area (Å²) in [4.78, 5) is 14.8. The van der Waals surface area contributed by atoms with Gasteiger partial charge in [-0.1, -0.05) is 26.8 Å². The Hall–Kier alpha value is -1.00. The van der Waals surface area contributed by atoms with Crippen LogP contribution < -0.4 is 0 Å². The highest BCUT2D eigenvalue weighted by Crippen LogP contribution is 2.36. The minimum Gasteiger partial charge on any atom is -0.411 e. The lowest BCUT2D eigenvalue weighted by Gasteiger charge is -2.36. The van der Waals surface area contributed by atoms with Crippen LogP contribution in [0.4, 0.5) is 0 Å². The monoisotopic (exact) mass is 251 g/mol. The summed E-state index contributed by atoms with van der Waals surface area (Å²) in [6, 6.07) is 5.42. The van der Waals surface area contributed by atoms with Crippen LogP contribution in [0.3, 0.4) is 0 Å². The van der Waals surface area contributed by atoms with Gasteiger partial charge in [-0.05, 0) is 30.3 Å². The van der Waals surface area contributed by atoms with Crippen LogP contribution in [0.5, 0.6) is 0 Å². The fraction of sp³-hybridized carbons (Fsp3) is 0.538. The van der Waals surface area contributed by atoms with Crippen LogP contribution in [-0.2, 0) is 11.0 Å². The molecule has 0 fully saturated rings. The molecule has 0 aliphatic rings. The van der Waals surface area contributed by atoms with Crippen molar-refractivity contribution in [1.82, 2.24) is 4.98 Å². The first kappa shape index (κ1) is 14.1. The van der Waals surface area contributed by atoms with Crippen molar-refractivity contribution in [3.8, 4) is 0 Å². The van der Waals surface area contributed by atoms with E-state index in [1.54, 1.807) is 6.07 Å². The normalized spacial score (nSPS) is 12.5. The zero-order chi connectivity index (χ0) is 13.1. The van der Waals surface area contributed by atoms with Gasteiger partial charge in [0.2, 0.25) is 0 Å². The third-order valence-corrected chi connectivity index (χ3v) is 7.81. The van der Waals surface area contributed by atoms with Crippen molar-refractivity contribution >= 4 is 14.6 Å². The molecule has 0 aliphatic carbocycles. The first-order valence-electron chi connectivity index (χ1n) is 5.81. The minimum atomic E-state index is -1.74. The number of rotatable bonds is 4. The molecule has 0 unspecified atom stereocenters. The lowest BCUT2D eigenvalue weighted by atomic mass is 10.2. The predicted octanol–water partition coefficient (Wildman–Crippen LogP) is 3.42. The van der Waals surface area contributed by atoms with Gasteiger partial charge >= 0.3 is 0 Å². The van der Waals surface area contributed by atoms with E-state index in [1.807, 2.05) is 12.1 Å². The molecule has 0 N–H and O–H groups in total. The average Bonchev–Trinajstić information content (AvgIpc) is 2.25. The summed E-state index contributed by atoms with van der Waals surface area (Å²) in [7, 11) is -1.74. The van der Waals surface area contributed by atoms with Crippen molar-refractivity contribution in [3.05, 3.63) is 29.6 Å². The minimum absolute atomic E-state index is 0.190. The maximum absolute atomic E-state index is 10.6.